The lowest BCUT2D eigenvalue weighted by atomic mass is 9.83. The minimum Gasteiger partial charge on any atom is -0.299 e. The first-order valence-corrected chi connectivity index (χ1v) is 4.13. The molecule has 0 unspecified atom stereocenters. The molecule has 0 aliphatic carbocycles. The topological polar surface area (TPSA) is 17.1 Å². The van der Waals surface area contributed by atoms with E-state index in [-0.39, 0.29) is 0 Å². The van der Waals surface area contributed by atoms with Crippen molar-refractivity contribution in [2.24, 2.45) is 5.41 Å². The van der Waals surface area contributed by atoms with Gasteiger partial charge >= 0.3 is 0 Å². The summed E-state index contributed by atoms with van der Waals surface area (Å²) in [5.41, 5.74) is 1.51. The number of rotatable bonds is 4. The van der Waals surface area contributed by atoms with Gasteiger partial charge in [-0.25, -0.2) is 0 Å². The molecule has 0 aliphatic heterocycles. The van der Waals surface area contributed by atoms with E-state index in [1.54, 1.807) is 6.08 Å². The van der Waals surface area contributed by atoms with E-state index in [4.69, 9.17) is 0 Å². The first-order valence-electron chi connectivity index (χ1n) is 4.13. The molecule has 0 bridgehead atoms. The van der Waals surface area contributed by atoms with Crippen molar-refractivity contribution in [2.75, 3.05) is 0 Å². The predicted molar refractivity (Wildman–Crippen MR) is 48.5 cm³/mol. The first kappa shape index (κ1) is 10.4. The molecule has 0 aliphatic rings. The van der Waals surface area contributed by atoms with Gasteiger partial charge in [0.25, 0.3) is 0 Å². The number of hydrogen-bond donors (Lipinski definition) is 0. The van der Waals surface area contributed by atoms with Crippen LogP contribution in [0, 0.1) is 5.41 Å². The van der Waals surface area contributed by atoms with E-state index in [1.807, 2.05) is 6.92 Å². The molecular formula is C10H18O. The summed E-state index contributed by atoms with van der Waals surface area (Å²) in [7, 11) is 0. The van der Waals surface area contributed by atoms with Crippen LogP contribution in [0.15, 0.2) is 11.6 Å². The van der Waals surface area contributed by atoms with Crippen LogP contribution in [0.1, 0.15) is 40.5 Å². The zero-order valence-electron chi connectivity index (χ0n) is 7.98. The van der Waals surface area contributed by atoms with Crippen molar-refractivity contribution in [1.82, 2.24) is 0 Å². The largest absolute Gasteiger partial charge is 0.299 e. The Morgan fingerprint density at radius 1 is 1.45 bits per heavy atom. The lowest BCUT2D eigenvalue weighted by Crippen LogP contribution is -2.09. The van der Waals surface area contributed by atoms with Crippen molar-refractivity contribution in [1.29, 1.82) is 0 Å². The summed E-state index contributed by atoms with van der Waals surface area (Å²) in [6.45, 7) is 8.62. The van der Waals surface area contributed by atoms with Crippen molar-refractivity contribution < 1.29 is 4.79 Å². The molecule has 0 N–H and O–H groups in total. The second-order valence-electron chi connectivity index (χ2n) is 3.84. The van der Waals surface area contributed by atoms with Gasteiger partial charge < -0.3 is 0 Å². The Labute approximate surface area is 69.5 Å². The van der Waals surface area contributed by atoms with Crippen LogP contribution in [0.2, 0.25) is 0 Å². The summed E-state index contributed by atoms with van der Waals surface area (Å²) >= 11 is 0. The highest BCUT2D eigenvalue weighted by Crippen LogP contribution is 2.27. The van der Waals surface area contributed by atoms with Crippen LogP contribution >= 0.6 is 0 Å². The molecular weight excluding hydrogens is 136 g/mol. The minimum atomic E-state index is 0.337. The van der Waals surface area contributed by atoms with Crippen LogP contribution in [0.25, 0.3) is 0 Å². The molecule has 1 nitrogen and oxygen atoms in total. The molecule has 0 amide bonds. The highest BCUT2D eigenvalue weighted by Gasteiger charge is 2.14. The van der Waals surface area contributed by atoms with E-state index in [9.17, 15) is 4.79 Å². The second kappa shape index (κ2) is 4.32. The second-order valence-corrected chi connectivity index (χ2v) is 3.84. The Morgan fingerprint density at radius 3 is 2.36 bits per heavy atom. The Hall–Kier alpha value is -0.590. The molecule has 0 heterocycles. The van der Waals surface area contributed by atoms with Gasteiger partial charge in [0.2, 0.25) is 0 Å². The lowest BCUT2D eigenvalue weighted by Gasteiger charge is -2.22. The van der Waals surface area contributed by atoms with Crippen LogP contribution in [0.4, 0.5) is 0 Å². The molecule has 1 heteroatoms. The van der Waals surface area contributed by atoms with Gasteiger partial charge in [-0.1, -0.05) is 32.8 Å². The van der Waals surface area contributed by atoms with E-state index in [2.05, 4.69) is 20.8 Å². The number of allylic oxidation sites excluding steroid dienone is 2. The molecule has 0 fully saturated rings. The monoisotopic (exact) mass is 154 g/mol. The van der Waals surface area contributed by atoms with Gasteiger partial charge in [-0.05, 0) is 24.8 Å². The first-order chi connectivity index (χ1) is 5.02. The number of aldehydes is 1. The Bertz CT molecular complexity index is 154. The van der Waals surface area contributed by atoms with Crippen molar-refractivity contribution in [2.45, 2.75) is 40.5 Å². The maximum Gasteiger partial charge on any atom is 0.142 e. The van der Waals surface area contributed by atoms with E-state index in [0.29, 0.717) is 5.41 Å². The van der Waals surface area contributed by atoms with E-state index >= 15 is 0 Å². The third-order valence-electron chi connectivity index (χ3n) is 2.07. The zero-order valence-corrected chi connectivity index (χ0v) is 7.98. The molecule has 0 saturated carbocycles. The molecule has 0 aromatic heterocycles. The summed E-state index contributed by atoms with van der Waals surface area (Å²) in [6, 6.07) is 0. The molecule has 0 saturated heterocycles. The molecule has 64 valence electrons. The molecule has 0 rings (SSSR count). The molecule has 0 spiro atoms. The zero-order chi connectivity index (χ0) is 8.91. The average molecular weight is 154 g/mol. The smallest absolute Gasteiger partial charge is 0.142 e. The SMILES string of the molecule is CCC(C)(C)CC(C)=CC=O. The Morgan fingerprint density at radius 2 is 2.00 bits per heavy atom. The van der Waals surface area contributed by atoms with Crippen LogP contribution < -0.4 is 0 Å². The van der Waals surface area contributed by atoms with Crippen LogP contribution in [-0.4, -0.2) is 6.29 Å². The minimum absolute atomic E-state index is 0.337. The normalized spacial score (nSPS) is 13.3. The third-order valence-corrected chi connectivity index (χ3v) is 2.07. The number of carbonyl (C=O) groups excluding carboxylic acids is 1. The Kier molecular flexibility index (Phi) is 4.09. The van der Waals surface area contributed by atoms with Gasteiger partial charge in [0.15, 0.2) is 0 Å². The molecule has 0 aromatic rings. The van der Waals surface area contributed by atoms with Crippen molar-refractivity contribution >= 4 is 6.29 Å². The van der Waals surface area contributed by atoms with Crippen molar-refractivity contribution in [3.63, 3.8) is 0 Å². The Balaban J connectivity index is 4.02. The fourth-order valence-corrected chi connectivity index (χ4v) is 1.05. The summed E-state index contributed by atoms with van der Waals surface area (Å²) < 4.78 is 0. The summed E-state index contributed by atoms with van der Waals surface area (Å²) in [5.74, 6) is 0. The maximum absolute atomic E-state index is 10.1. The molecule has 0 aromatic carbocycles. The average Bonchev–Trinajstić information content (AvgIpc) is 1.87. The van der Waals surface area contributed by atoms with Crippen LogP contribution in [0.3, 0.4) is 0 Å². The van der Waals surface area contributed by atoms with E-state index in [1.165, 1.54) is 5.57 Å². The fraction of sp³-hybridized carbons (Fsp3) is 0.700. The molecule has 0 radical (unpaired) electrons. The van der Waals surface area contributed by atoms with Gasteiger partial charge in [-0.3, -0.25) is 4.79 Å². The van der Waals surface area contributed by atoms with Crippen molar-refractivity contribution in [3.05, 3.63) is 11.6 Å². The van der Waals surface area contributed by atoms with Gasteiger partial charge in [-0.15, -0.1) is 0 Å². The summed E-state index contributed by atoms with van der Waals surface area (Å²) in [6.07, 6.45) is 4.68. The highest BCUT2D eigenvalue weighted by molar-refractivity contribution is 5.65. The van der Waals surface area contributed by atoms with Gasteiger partial charge in [0, 0.05) is 0 Å². The molecule has 0 atom stereocenters. The summed E-state index contributed by atoms with van der Waals surface area (Å²) in [4.78, 5) is 10.1. The standard InChI is InChI=1S/C10H18O/c1-5-10(3,4)8-9(2)6-7-11/h6-7H,5,8H2,1-4H3. The van der Waals surface area contributed by atoms with Crippen LogP contribution in [-0.2, 0) is 4.79 Å². The number of hydrogen-bond acceptors (Lipinski definition) is 1. The predicted octanol–water partition coefficient (Wildman–Crippen LogP) is 2.96. The lowest BCUT2D eigenvalue weighted by molar-refractivity contribution is -0.104. The summed E-state index contributed by atoms with van der Waals surface area (Å²) in [5, 5.41) is 0. The van der Waals surface area contributed by atoms with Gasteiger partial charge in [-0.2, -0.15) is 0 Å². The quantitative estimate of drug-likeness (QED) is 0.449. The van der Waals surface area contributed by atoms with E-state index in [0.717, 1.165) is 19.1 Å². The third kappa shape index (κ3) is 4.77. The van der Waals surface area contributed by atoms with Gasteiger partial charge in [0.05, 0.1) is 0 Å². The van der Waals surface area contributed by atoms with Crippen molar-refractivity contribution in [3.8, 4) is 0 Å². The molecule has 11 heavy (non-hydrogen) atoms. The van der Waals surface area contributed by atoms with Crippen LogP contribution in [0.5, 0.6) is 0 Å². The highest BCUT2D eigenvalue weighted by atomic mass is 16.1. The fourth-order valence-electron chi connectivity index (χ4n) is 1.05. The van der Waals surface area contributed by atoms with E-state index < -0.39 is 0 Å². The van der Waals surface area contributed by atoms with Gasteiger partial charge in [0.1, 0.15) is 6.29 Å². The maximum atomic E-state index is 10.1. The number of carbonyl (C=O) groups is 1.